The Labute approximate surface area is 147 Å². The standard InChI is InChI=1S/C18H18FN3O4/c1-8-6-26-16-13-10(15(23)11(17(24)25)5-22(8)13)2-12(19)14(16)21-4-9-3-18(9,20)7-21/h2,5,8-9H,3-4,6-7,20H2,1H3,(H,24,25). The van der Waals surface area contributed by atoms with Gasteiger partial charge in [0.05, 0.1) is 16.9 Å². The summed E-state index contributed by atoms with van der Waals surface area (Å²) in [6.45, 7) is 3.33. The molecule has 1 saturated carbocycles. The number of benzene rings is 1. The maximum absolute atomic E-state index is 15.0. The first-order valence-electron chi connectivity index (χ1n) is 8.61. The summed E-state index contributed by atoms with van der Waals surface area (Å²) in [6.07, 6.45) is 2.27. The van der Waals surface area contributed by atoms with Crippen molar-refractivity contribution in [2.75, 3.05) is 24.6 Å². The van der Waals surface area contributed by atoms with Crippen molar-refractivity contribution in [2.24, 2.45) is 11.7 Å². The van der Waals surface area contributed by atoms with Gasteiger partial charge in [-0.2, -0.15) is 0 Å². The van der Waals surface area contributed by atoms with Gasteiger partial charge < -0.3 is 25.0 Å². The highest BCUT2D eigenvalue weighted by Gasteiger charge is 2.58. The normalized spacial score (nSPS) is 28.8. The van der Waals surface area contributed by atoms with Crippen LogP contribution in [-0.2, 0) is 0 Å². The Hall–Kier alpha value is -2.61. The minimum Gasteiger partial charge on any atom is -0.487 e. The molecule has 3 aliphatic rings. The van der Waals surface area contributed by atoms with Crippen LogP contribution in [0.25, 0.3) is 10.9 Å². The van der Waals surface area contributed by atoms with Crippen molar-refractivity contribution in [3.8, 4) is 5.75 Å². The van der Waals surface area contributed by atoms with Crippen molar-refractivity contribution < 1.29 is 19.0 Å². The number of hydrogen-bond donors (Lipinski definition) is 2. The molecule has 26 heavy (non-hydrogen) atoms. The maximum atomic E-state index is 15.0. The topological polar surface area (TPSA) is 97.8 Å². The van der Waals surface area contributed by atoms with Gasteiger partial charge in [-0.1, -0.05) is 0 Å². The third-order valence-corrected chi connectivity index (χ3v) is 5.89. The largest absolute Gasteiger partial charge is 0.487 e. The van der Waals surface area contributed by atoms with Gasteiger partial charge in [-0.25, -0.2) is 9.18 Å². The fourth-order valence-electron chi connectivity index (χ4n) is 4.35. The Kier molecular flexibility index (Phi) is 2.86. The van der Waals surface area contributed by atoms with Crippen LogP contribution < -0.4 is 20.8 Å². The number of carbonyl (C=O) groups is 1. The predicted molar refractivity (Wildman–Crippen MR) is 92.6 cm³/mol. The number of aromatic nitrogens is 1. The van der Waals surface area contributed by atoms with Crippen LogP contribution in [0.15, 0.2) is 17.1 Å². The molecule has 1 aromatic heterocycles. The maximum Gasteiger partial charge on any atom is 0.341 e. The number of rotatable bonds is 2. The molecule has 1 aliphatic carbocycles. The van der Waals surface area contributed by atoms with E-state index < -0.39 is 17.2 Å². The molecule has 1 saturated heterocycles. The highest BCUT2D eigenvalue weighted by Crippen LogP contribution is 2.51. The zero-order chi connectivity index (χ0) is 18.4. The lowest BCUT2D eigenvalue weighted by molar-refractivity contribution is 0.0694. The summed E-state index contributed by atoms with van der Waals surface area (Å²) >= 11 is 0. The quantitative estimate of drug-likeness (QED) is 0.840. The van der Waals surface area contributed by atoms with Crippen LogP contribution in [-0.4, -0.2) is 40.9 Å². The molecule has 1 aromatic carbocycles. The number of ether oxygens (including phenoxy) is 1. The van der Waals surface area contributed by atoms with E-state index in [-0.39, 0.29) is 29.1 Å². The molecule has 2 fully saturated rings. The number of halogens is 1. The van der Waals surface area contributed by atoms with Crippen LogP contribution in [0.3, 0.4) is 0 Å². The van der Waals surface area contributed by atoms with Crippen molar-refractivity contribution in [2.45, 2.75) is 24.9 Å². The average Bonchev–Trinajstić information content (AvgIpc) is 3.09. The molecule has 0 spiro atoms. The molecular weight excluding hydrogens is 341 g/mol. The summed E-state index contributed by atoms with van der Waals surface area (Å²) in [4.78, 5) is 25.9. The van der Waals surface area contributed by atoms with Gasteiger partial charge in [0.1, 0.15) is 17.9 Å². The number of nitrogens with two attached hydrogens (primary N) is 1. The molecule has 3 atom stereocenters. The average molecular weight is 359 g/mol. The molecule has 3 N–H and O–H groups in total. The van der Waals surface area contributed by atoms with Gasteiger partial charge in [0, 0.05) is 24.8 Å². The summed E-state index contributed by atoms with van der Waals surface area (Å²) in [7, 11) is 0. The molecule has 3 unspecified atom stereocenters. The molecule has 2 aromatic rings. The number of nitrogens with zero attached hydrogens (tertiary/aromatic N) is 2. The van der Waals surface area contributed by atoms with Gasteiger partial charge in [0.2, 0.25) is 5.43 Å². The highest BCUT2D eigenvalue weighted by molar-refractivity contribution is 5.97. The molecule has 8 heteroatoms. The number of fused-ring (bicyclic) bond motifs is 1. The second kappa shape index (κ2) is 4.76. The van der Waals surface area contributed by atoms with E-state index in [0.29, 0.717) is 36.0 Å². The van der Waals surface area contributed by atoms with Gasteiger partial charge in [-0.15, -0.1) is 0 Å². The number of pyridine rings is 1. The van der Waals surface area contributed by atoms with Gasteiger partial charge in [-0.05, 0) is 25.3 Å². The van der Waals surface area contributed by atoms with Crippen molar-refractivity contribution in [3.05, 3.63) is 33.9 Å². The van der Waals surface area contributed by atoms with Crippen molar-refractivity contribution in [1.29, 1.82) is 0 Å². The van der Waals surface area contributed by atoms with Crippen LogP contribution in [0.1, 0.15) is 29.7 Å². The number of carboxylic acids is 1. The molecule has 0 amide bonds. The van der Waals surface area contributed by atoms with E-state index in [1.807, 2.05) is 11.8 Å². The molecule has 2 aliphatic heterocycles. The van der Waals surface area contributed by atoms with Crippen molar-refractivity contribution >= 4 is 22.6 Å². The second-order valence-corrected chi connectivity index (χ2v) is 7.69. The predicted octanol–water partition coefficient (Wildman–Crippen LogP) is 1.33. The summed E-state index contributed by atoms with van der Waals surface area (Å²) in [6, 6.07) is 0.961. The fraction of sp³-hybridized carbons (Fsp3) is 0.444. The fourth-order valence-corrected chi connectivity index (χ4v) is 4.35. The van der Waals surface area contributed by atoms with Gasteiger partial charge in [0.25, 0.3) is 0 Å². The SMILES string of the molecule is CC1COc2c(N3CC4CC4(N)C3)c(F)cc3c(=O)c(C(=O)O)cn1c23. The van der Waals surface area contributed by atoms with Crippen LogP contribution >= 0.6 is 0 Å². The monoisotopic (exact) mass is 359 g/mol. The van der Waals surface area contributed by atoms with Gasteiger partial charge in [0.15, 0.2) is 11.6 Å². The van der Waals surface area contributed by atoms with E-state index in [2.05, 4.69) is 0 Å². The number of anilines is 1. The Morgan fingerprint density at radius 2 is 2.27 bits per heavy atom. The van der Waals surface area contributed by atoms with Crippen LogP contribution in [0.4, 0.5) is 10.1 Å². The van der Waals surface area contributed by atoms with E-state index in [1.165, 1.54) is 6.20 Å². The lowest BCUT2D eigenvalue weighted by Crippen LogP contribution is -2.35. The van der Waals surface area contributed by atoms with E-state index in [1.54, 1.807) is 4.57 Å². The van der Waals surface area contributed by atoms with Gasteiger partial charge >= 0.3 is 5.97 Å². The lowest BCUT2D eigenvalue weighted by atomic mass is 10.1. The number of hydrogen-bond acceptors (Lipinski definition) is 5. The minimum absolute atomic E-state index is 0.0273. The van der Waals surface area contributed by atoms with Gasteiger partial charge in [-0.3, -0.25) is 4.79 Å². The molecule has 5 rings (SSSR count). The number of aromatic carboxylic acids is 1. The lowest BCUT2D eigenvalue weighted by Gasteiger charge is -2.31. The molecule has 0 bridgehead atoms. The Bertz CT molecular complexity index is 1050. The van der Waals surface area contributed by atoms with E-state index in [4.69, 9.17) is 10.5 Å². The molecular formula is C18H18FN3O4. The Balaban J connectivity index is 1.80. The first kappa shape index (κ1) is 15.6. The molecule has 136 valence electrons. The minimum atomic E-state index is -1.32. The zero-order valence-corrected chi connectivity index (χ0v) is 14.2. The van der Waals surface area contributed by atoms with Crippen molar-refractivity contribution in [3.63, 3.8) is 0 Å². The molecule has 0 radical (unpaired) electrons. The van der Waals surface area contributed by atoms with Crippen molar-refractivity contribution in [1.82, 2.24) is 4.57 Å². The van der Waals surface area contributed by atoms with Crippen LogP contribution in [0.5, 0.6) is 5.75 Å². The van der Waals surface area contributed by atoms with E-state index in [9.17, 15) is 19.1 Å². The zero-order valence-electron chi connectivity index (χ0n) is 14.2. The number of piperidine rings is 1. The third-order valence-electron chi connectivity index (χ3n) is 5.89. The summed E-state index contributed by atoms with van der Waals surface area (Å²) in [5.74, 6) is -1.26. The third kappa shape index (κ3) is 1.90. The highest BCUT2D eigenvalue weighted by atomic mass is 19.1. The first-order chi connectivity index (χ1) is 12.3. The second-order valence-electron chi connectivity index (χ2n) is 7.69. The summed E-state index contributed by atoms with van der Waals surface area (Å²) in [5.41, 5.74) is 5.68. The van der Waals surface area contributed by atoms with E-state index in [0.717, 1.165) is 12.5 Å². The summed E-state index contributed by atoms with van der Waals surface area (Å²) in [5, 5.41) is 9.34. The summed E-state index contributed by atoms with van der Waals surface area (Å²) < 4.78 is 22.5. The molecule has 3 heterocycles. The number of carboxylic acid groups (broad SMARTS) is 1. The molecule has 7 nitrogen and oxygen atoms in total. The Morgan fingerprint density at radius 3 is 2.92 bits per heavy atom. The van der Waals surface area contributed by atoms with Crippen LogP contribution in [0, 0.1) is 11.7 Å². The van der Waals surface area contributed by atoms with Crippen LogP contribution in [0.2, 0.25) is 0 Å². The Morgan fingerprint density at radius 1 is 1.50 bits per heavy atom. The first-order valence-corrected chi connectivity index (χ1v) is 8.61. The smallest absolute Gasteiger partial charge is 0.341 e. The van der Waals surface area contributed by atoms with E-state index >= 15 is 0 Å².